The number of aliphatic hydroxyl groups is 1. The van der Waals surface area contributed by atoms with Crippen LogP contribution >= 0.6 is 0 Å². The third-order valence-electron chi connectivity index (χ3n) is 1.17. The van der Waals surface area contributed by atoms with Crippen LogP contribution in [0.2, 0.25) is 0 Å². The maximum Gasteiger partial charge on any atom is 0.374 e. The molecular formula is C6H8N2O3. The summed E-state index contributed by atoms with van der Waals surface area (Å²) < 4.78 is 4.38. The summed E-state index contributed by atoms with van der Waals surface area (Å²) in [4.78, 5) is 17.0. The van der Waals surface area contributed by atoms with E-state index in [2.05, 4.69) is 14.7 Å². The van der Waals surface area contributed by atoms with Crippen molar-refractivity contribution in [2.75, 3.05) is 7.11 Å². The van der Waals surface area contributed by atoms with Crippen LogP contribution in [-0.4, -0.2) is 28.2 Å². The zero-order valence-electron chi connectivity index (χ0n) is 6.00. The van der Waals surface area contributed by atoms with Gasteiger partial charge in [-0.15, -0.1) is 0 Å². The first kappa shape index (κ1) is 7.74. The molecule has 0 atom stereocenters. The molecule has 0 saturated heterocycles. The van der Waals surface area contributed by atoms with E-state index in [1.165, 1.54) is 13.3 Å². The van der Waals surface area contributed by atoms with Crippen molar-refractivity contribution in [2.45, 2.75) is 6.61 Å². The summed E-state index contributed by atoms with van der Waals surface area (Å²) in [5.74, 6) is -0.429. The number of carbonyl (C=O) groups excluding carboxylic acids is 1. The normalized spacial score (nSPS) is 9.64. The number of nitrogens with zero attached hydrogens (tertiary/aromatic N) is 1. The van der Waals surface area contributed by atoms with Crippen molar-refractivity contribution in [2.24, 2.45) is 0 Å². The van der Waals surface area contributed by atoms with Gasteiger partial charge >= 0.3 is 5.97 Å². The van der Waals surface area contributed by atoms with Gasteiger partial charge in [0.25, 0.3) is 0 Å². The summed E-state index contributed by atoms with van der Waals surface area (Å²) in [5.41, 5.74) is 0.422. The fraction of sp³-hybridized carbons (Fsp3) is 0.333. The van der Waals surface area contributed by atoms with E-state index >= 15 is 0 Å². The highest BCUT2D eigenvalue weighted by Crippen LogP contribution is 1.97. The number of carbonyl (C=O) groups is 1. The minimum absolute atomic E-state index is 0.108. The predicted octanol–water partition coefficient (Wildman–Crippen LogP) is -0.311. The summed E-state index contributed by atoms with van der Waals surface area (Å²) in [6, 6.07) is 0. The minimum Gasteiger partial charge on any atom is -0.463 e. The molecule has 0 amide bonds. The smallest absolute Gasteiger partial charge is 0.374 e. The van der Waals surface area contributed by atoms with Gasteiger partial charge in [-0.05, 0) is 0 Å². The van der Waals surface area contributed by atoms with E-state index in [0.717, 1.165) is 0 Å². The lowest BCUT2D eigenvalue weighted by Gasteiger charge is -1.90. The quantitative estimate of drug-likeness (QED) is 0.576. The third-order valence-corrected chi connectivity index (χ3v) is 1.17. The Kier molecular flexibility index (Phi) is 2.22. The Morgan fingerprint density at radius 3 is 3.09 bits per heavy atom. The first-order valence-corrected chi connectivity index (χ1v) is 3.01. The number of esters is 1. The molecule has 2 N–H and O–H groups in total. The molecule has 5 nitrogen and oxygen atoms in total. The summed E-state index contributed by atoms with van der Waals surface area (Å²) >= 11 is 0. The Labute approximate surface area is 63.0 Å². The molecule has 0 spiro atoms. The van der Waals surface area contributed by atoms with E-state index in [1.807, 2.05) is 0 Å². The molecule has 1 aromatic rings. The number of rotatable bonds is 2. The van der Waals surface area contributed by atoms with Crippen LogP contribution in [0.1, 0.15) is 16.3 Å². The topological polar surface area (TPSA) is 75.2 Å². The maximum atomic E-state index is 10.7. The standard InChI is InChI=1S/C6H8N2O3/c1-11-6(10)5-7-2-4(3-9)8-5/h2,9H,3H2,1H3,(H,7,8). The largest absolute Gasteiger partial charge is 0.463 e. The van der Waals surface area contributed by atoms with Crippen LogP contribution in [0.4, 0.5) is 0 Å². The molecule has 1 heterocycles. The summed E-state index contributed by atoms with van der Waals surface area (Å²) in [6.07, 6.45) is 1.45. The van der Waals surface area contributed by atoms with E-state index in [1.54, 1.807) is 0 Å². The van der Waals surface area contributed by atoms with Gasteiger partial charge in [-0.1, -0.05) is 0 Å². The molecule has 60 valence electrons. The molecule has 1 rings (SSSR count). The molecule has 1 aromatic heterocycles. The maximum absolute atomic E-state index is 10.7. The fourth-order valence-electron chi connectivity index (χ4n) is 0.642. The van der Waals surface area contributed by atoms with Gasteiger partial charge in [0.1, 0.15) is 0 Å². The number of methoxy groups -OCH3 is 1. The van der Waals surface area contributed by atoms with Crippen LogP contribution in [-0.2, 0) is 11.3 Å². The molecule has 0 unspecified atom stereocenters. The average Bonchev–Trinajstić information content (AvgIpc) is 2.50. The van der Waals surface area contributed by atoms with Crippen molar-refractivity contribution in [1.29, 1.82) is 0 Å². The molecule has 0 radical (unpaired) electrons. The minimum atomic E-state index is -0.537. The van der Waals surface area contributed by atoms with Gasteiger partial charge in [-0.25, -0.2) is 9.78 Å². The lowest BCUT2D eigenvalue weighted by atomic mass is 10.5. The van der Waals surface area contributed by atoms with Crippen LogP contribution < -0.4 is 0 Å². The second-order valence-electron chi connectivity index (χ2n) is 1.89. The summed E-state index contributed by atoms with van der Waals surface area (Å²) in [7, 11) is 1.27. The first-order chi connectivity index (χ1) is 5.27. The molecule has 0 fully saturated rings. The van der Waals surface area contributed by atoms with Gasteiger partial charge in [0, 0.05) is 6.20 Å². The number of aliphatic hydroxyl groups excluding tert-OH is 1. The van der Waals surface area contributed by atoms with E-state index in [9.17, 15) is 4.79 Å². The highest BCUT2D eigenvalue weighted by atomic mass is 16.5. The number of nitrogens with one attached hydrogen (secondary N) is 1. The predicted molar refractivity (Wildman–Crippen MR) is 35.9 cm³/mol. The zero-order chi connectivity index (χ0) is 8.27. The van der Waals surface area contributed by atoms with Crippen molar-refractivity contribution in [3.05, 3.63) is 17.7 Å². The van der Waals surface area contributed by atoms with Crippen LogP contribution in [0, 0.1) is 0 Å². The number of H-pyrrole nitrogens is 1. The van der Waals surface area contributed by atoms with E-state index in [0.29, 0.717) is 5.69 Å². The fourth-order valence-corrected chi connectivity index (χ4v) is 0.642. The zero-order valence-corrected chi connectivity index (χ0v) is 6.00. The van der Waals surface area contributed by atoms with Crippen molar-refractivity contribution >= 4 is 5.97 Å². The summed E-state index contributed by atoms with van der Waals surface area (Å²) in [6.45, 7) is -0.187. The number of hydrogen-bond acceptors (Lipinski definition) is 4. The molecule has 11 heavy (non-hydrogen) atoms. The van der Waals surface area contributed by atoms with Crippen molar-refractivity contribution in [1.82, 2.24) is 9.97 Å². The van der Waals surface area contributed by atoms with Gasteiger partial charge < -0.3 is 14.8 Å². The molecule has 0 aliphatic heterocycles. The molecule has 0 saturated carbocycles. The van der Waals surface area contributed by atoms with Gasteiger partial charge in [0.2, 0.25) is 5.82 Å². The number of hydrogen-bond donors (Lipinski definition) is 2. The Bertz CT molecular complexity index is 256. The van der Waals surface area contributed by atoms with Crippen LogP contribution in [0.15, 0.2) is 6.20 Å². The molecular weight excluding hydrogens is 148 g/mol. The Morgan fingerprint density at radius 1 is 1.91 bits per heavy atom. The highest BCUT2D eigenvalue weighted by molar-refractivity contribution is 5.85. The monoisotopic (exact) mass is 156 g/mol. The second kappa shape index (κ2) is 3.16. The number of imidazole rings is 1. The first-order valence-electron chi connectivity index (χ1n) is 3.01. The van der Waals surface area contributed by atoms with E-state index in [-0.39, 0.29) is 12.4 Å². The summed E-state index contributed by atoms with van der Waals surface area (Å²) in [5, 5.41) is 8.57. The van der Waals surface area contributed by atoms with Crippen molar-refractivity contribution in [3.8, 4) is 0 Å². The molecule has 5 heteroatoms. The van der Waals surface area contributed by atoms with E-state index < -0.39 is 5.97 Å². The van der Waals surface area contributed by atoms with E-state index in [4.69, 9.17) is 5.11 Å². The SMILES string of the molecule is COC(=O)c1nc(CO)c[nH]1. The molecule has 0 aromatic carbocycles. The Morgan fingerprint density at radius 2 is 2.64 bits per heavy atom. The number of ether oxygens (including phenoxy) is 1. The van der Waals surface area contributed by atoms with Gasteiger partial charge in [-0.2, -0.15) is 0 Å². The second-order valence-corrected chi connectivity index (χ2v) is 1.89. The lowest BCUT2D eigenvalue weighted by Crippen LogP contribution is -2.03. The van der Waals surface area contributed by atoms with Gasteiger partial charge in [-0.3, -0.25) is 0 Å². The van der Waals surface area contributed by atoms with Crippen molar-refractivity contribution in [3.63, 3.8) is 0 Å². The molecule has 0 aliphatic carbocycles. The van der Waals surface area contributed by atoms with Gasteiger partial charge in [0.15, 0.2) is 0 Å². The highest BCUT2D eigenvalue weighted by Gasteiger charge is 2.08. The Hall–Kier alpha value is -1.36. The molecule has 0 bridgehead atoms. The van der Waals surface area contributed by atoms with Crippen LogP contribution in [0.5, 0.6) is 0 Å². The van der Waals surface area contributed by atoms with Gasteiger partial charge in [0.05, 0.1) is 19.4 Å². The van der Waals surface area contributed by atoms with Crippen LogP contribution in [0.3, 0.4) is 0 Å². The van der Waals surface area contributed by atoms with Crippen LogP contribution in [0.25, 0.3) is 0 Å². The third kappa shape index (κ3) is 1.56. The number of aromatic amines is 1. The van der Waals surface area contributed by atoms with Crippen molar-refractivity contribution < 1.29 is 14.6 Å². The Balaban J connectivity index is 2.80. The lowest BCUT2D eigenvalue weighted by molar-refractivity contribution is 0.0587. The number of aromatic nitrogens is 2. The average molecular weight is 156 g/mol. The molecule has 0 aliphatic rings.